The molecule has 0 unspecified atom stereocenters. The molecule has 0 amide bonds. The van der Waals surface area contributed by atoms with Crippen molar-refractivity contribution in [2.45, 2.75) is 58.2 Å². The molecule has 0 bridgehead atoms. The highest BCUT2D eigenvalue weighted by molar-refractivity contribution is 5.87. The molecule has 2 aliphatic heterocycles. The summed E-state index contributed by atoms with van der Waals surface area (Å²) in [5, 5.41) is 0. The summed E-state index contributed by atoms with van der Waals surface area (Å²) in [6.07, 6.45) is -2.83. The van der Waals surface area contributed by atoms with E-state index in [1.54, 1.807) is 6.92 Å². The lowest BCUT2D eigenvalue weighted by Gasteiger charge is -2.37. The van der Waals surface area contributed by atoms with E-state index in [2.05, 4.69) is 4.99 Å². The van der Waals surface area contributed by atoms with Crippen molar-refractivity contribution >= 4 is 29.8 Å². The predicted molar refractivity (Wildman–Crippen MR) is 94.5 cm³/mol. The average Bonchev–Trinajstić information content (AvgIpc) is 3.01. The molecule has 29 heavy (non-hydrogen) atoms. The molecule has 0 saturated heterocycles. The van der Waals surface area contributed by atoms with Gasteiger partial charge in [0.15, 0.2) is 24.2 Å². The summed E-state index contributed by atoms with van der Waals surface area (Å²) in [5.74, 6) is -2.63. The maximum absolute atomic E-state index is 12.0. The number of aliphatic imine (C=N–C) groups is 1. The monoisotopic (exact) mass is 413 g/mol. The van der Waals surface area contributed by atoms with Crippen molar-refractivity contribution in [3.05, 3.63) is 11.8 Å². The lowest BCUT2D eigenvalue weighted by Crippen LogP contribution is -2.54. The molecule has 11 nitrogen and oxygen atoms in total. The second kappa shape index (κ2) is 9.39. The van der Waals surface area contributed by atoms with Crippen molar-refractivity contribution in [2.75, 3.05) is 13.7 Å². The Hall–Kier alpha value is -3.11. The van der Waals surface area contributed by atoms with Gasteiger partial charge in [-0.2, -0.15) is 0 Å². The quantitative estimate of drug-likeness (QED) is 0.416. The van der Waals surface area contributed by atoms with E-state index in [0.717, 1.165) is 13.8 Å². The SMILES string of the molecule is COC(=O)C1=C[C@H]2OC(C)=N[C@H]2[C@H]([C@H](OC(C)=O)[C@@H](COC(C)=O)OC(C)=O)O1. The summed E-state index contributed by atoms with van der Waals surface area (Å²) in [4.78, 5) is 50.9. The number of methoxy groups -OCH3 is 1. The van der Waals surface area contributed by atoms with Crippen LogP contribution in [0.4, 0.5) is 0 Å². The van der Waals surface area contributed by atoms with Crippen LogP contribution in [0, 0.1) is 0 Å². The van der Waals surface area contributed by atoms with E-state index in [4.69, 9.17) is 28.4 Å². The zero-order chi connectivity index (χ0) is 21.7. The van der Waals surface area contributed by atoms with Crippen molar-refractivity contribution in [1.82, 2.24) is 0 Å². The van der Waals surface area contributed by atoms with Crippen LogP contribution in [-0.2, 0) is 47.6 Å². The molecule has 0 spiro atoms. The first-order valence-electron chi connectivity index (χ1n) is 8.78. The predicted octanol–water partition coefficient (Wildman–Crippen LogP) is 0.0544. The summed E-state index contributed by atoms with van der Waals surface area (Å²) in [7, 11) is 1.18. The van der Waals surface area contributed by atoms with Crippen LogP contribution in [0.3, 0.4) is 0 Å². The largest absolute Gasteiger partial charge is 0.477 e. The Bertz CT molecular complexity index is 743. The van der Waals surface area contributed by atoms with Crippen LogP contribution in [0.1, 0.15) is 27.7 Å². The van der Waals surface area contributed by atoms with Gasteiger partial charge in [-0.1, -0.05) is 0 Å². The highest BCUT2D eigenvalue weighted by Gasteiger charge is 2.50. The second-order valence-corrected chi connectivity index (χ2v) is 6.35. The van der Waals surface area contributed by atoms with Gasteiger partial charge in [-0.15, -0.1) is 0 Å². The Labute approximate surface area is 166 Å². The molecular formula is C18H23NO10. The fourth-order valence-electron chi connectivity index (χ4n) is 3.01. The van der Waals surface area contributed by atoms with Gasteiger partial charge >= 0.3 is 23.9 Å². The molecule has 0 aromatic heterocycles. The summed E-state index contributed by atoms with van der Waals surface area (Å²) in [6, 6.07) is -0.705. The molecule has 2 rings (SSSR count). The Kier molecular flexibility index (Phi) is 7.18. The number of esters is 4. The number of fused-ring (bicyclic) bond motifs is 1. The van der Waals surface area contributed by atoms with Gasteiger partial charge in [-0.3, -0.25) is 14.4 Å². The second-order valence-electron chi connectivity index (χ2n) is 6.35. The van der Waals surface area contributed by atoms with Crippen LogP contribution < -0.4 is 0 Å². The van der Waals surface area contributed by atoms with E-state index in [1.807, 2.05) is 0 Å². The van der Waals surface area contributed by atoms with Crippen LogP contribution in [-0.4, -0.2) is 73.9 Å². The fourth-order valence-corrected chi connectivity index (χ4v) is 3.01. The van der Waals surface area contributed by atoms with E-state index in [0.29, 0.717) is 5.90 Å². The van der Waals surface area contributed by atoms with Crippen LogP contribution in [0.2, 0.25) is 0 Å². The van der Waals surface area contributed by atoms with E-state index in [-0.39, 0.29) is 5.76 Å². The first-order valence-corrected chi connectivity index (χ1v) is 8.78. The van der Waals surface area contributed by atoms with Crippen LogP contribution in [0.25, 0.3) is 0 Å². The van der Waals surface area contributed by atoms with Gasteiger partial charge in [0.05, 0.1) is 7.11 Å². The fraction of sp³-hybridized carbons (Fsp3) is 0.611. The molecule has 0 fully saturated rings. The number of carbonyl (C=O) groups is 4. The maximum atomic E-state index is 12.0. The van der Waals surface area contributed by atoms with Gasteiger partial charge in [-0.25, -0.2) is 9.79 Å². The van der Waals surface area contributed by atoms with Gasteiger partial charge in [0.1, 0.15) is 18.8 Å². The highest BCUT2D eigenvalue weighted by atomic mass is 16.6. The molecule has 0 aromatic rings. The van der Waals surface area contributed by atoms with E-state index >= 15 is 0 Å². The number of rotatable bonds is 7. The molecule has 0 N–H and O–H groups in total. The minimum atomic E-state index is -1.25. The Balaban J connectivity index is 2.42. The molecule has 5 atom stereocenters. The van der Waals surface area contributed by atoms with Crippen molar-refractivity contribution in [1.29, 1.82) is 0 Å². The van der Waals surface area contributed by atoms with Gasteiger partial charge in [0.2, 0.25) is 5.76 Å². The van der Waals surface area contributed by atoms with Crippen molar-refractivity contribution in [2.24, 2.45) is 4.99 Å². The molecule has 11 heteroatoms. The summed E-state index contributed by atoms with van der Waals surface area (Å²) in [5.41, 5.74) is 0. The lowest BCUT2D eigenvalue weighted by molar-refractivity contribution is -0.187. The molecule has 160 valence electrons. The average molecular weight is 413 g/mol. The summed E-state index contributed by atoms with van der Waals surface area (Å²) < 4.78 is 31.5. The molecule has 2 aliphatic rings. The Morgan fingerprint density at radius 3 is 2.28 bits per heavy atom. The third-order valence-electron chi connectivity index (χ3n) is 4.04. The third kappa shape index (κ3) is 5.69. The third-order valence-corrected chi connectivity index (χ3v) is 4.04. The van der Waals surface area contributed by atoms with Gasteiger partial charge in [-0.05, 0) is 0 Å². The van der Waals surface area contributed by atoms with E-state index < -0.39 is 60.9 Å². The molecule has 2 heterocycles. The number of carbonyl (C=O) groups excluding carboxylic acids is 4. The van der Waals surface area contributed by atoms with Crippen molar-refractivity contribution < 1.29 is 47.6 Å². The molecular weight excluding hydrogens is 390 g/mol. The Morgan fingerprint density at radius 1 is 1.07 bits per heavy atom. The van der Waals surface area contributed by atoms with E-state index in [1.165, 1.54) is 20.1 Å². The van der Waals surface area contributed by atoms with Crippen LogP contribution in [0.15, 0.2) is 16.8 Å². The number of nitrogens with zero attached hydrogens (tertiary/aromatic N) is 1. The smallest absolute Gasteiger partial charge is 0.373 e. The zero-order valence-corrected chi connectivity index (χ0v) is 16.7. The molecule has 0 radical (unpaired) electrons. The van der Waals surface area contributed by atoms with Gasteiger partial charge < -0.3 is 28.4 Å². The first-order chi connectivity index (χ1) is 13.6. The van der Waals surface area contributed by atoms with Crippen molar-refractivity contribution in [3.8, 4) is 0 Å². The lowest BCUT2D eigenvalue weighted by atomic mass is 9.94. The topological polar surface area (TPSA) is 136 Å². The molecule has 0 aromatic carbocycles. The highest BCUT2D eigenvalue weighted by Crippen LogP contribution is 2.32. The molecule has 0 aliphatic carbocycles. The van der Waals surface area contributed by atoms with Crippen LogP contribution in [0.5, 0.6) is 0 Å². The standard InChI is InChI=1S/C18H23NO10/c1-8-19-15-12(26-8)6-13(18(23)24-5)29-17(15)16(28-11(4)22)14(27-10(3)21)7-25-9(2)20/h6,12,14-17H,7H2,1-5H3/t12-,14-,15-,16-,17-/m1/s1. The number of ether oxygens (including phenoxy) is 6. The first kappa shape index (κ1) is 22.2. The minimum absolute atomic E-state index is 0.171. The minimum Gasteiger partial charge on any atom is -0.477 e. The maximum Gasteiger partial charge on any atom is 0.373 e. The summed E-state index contributed by atoms with van der Waals surface area (Å²) >= 11 is 0. The van der Waals surface area contributed by atoms with Crippen molar-refractivity contribution in [3.63, 3.8) is 0 Å². The zero-order valence-electron chi connectivity index (χ0n) is 16.7. The van der Waals surface area contributed by atoms with Crippen LogP contribution >= 0.6 is 0 Å². The normalized spacial score (nSPS) is 24.4. The number of hydrogen-bond donors (Lipinski definition) is 0. The number of hydrogen-bond acceptors (Lipinski definition) is 11. The van der Waals surface area contributed by atoms with Gasteiger partial charge in [0.25, 0.3) is 0 Å². The van der Waals surface area contributed by atoms with Gasteiger partial charge in [0, 0.05) is 33.8 Å². The van der Waals surface area contributed by atoms with E-state index in [9.17, 15) is 19.2 Å². The Morgan fingerprint density at radius 2 is 1.72 bits per heavy atom. The molecule has 0 saturated carbocycles. The summed E-state index contributed by atoms with van der Waals surface area (Å²) in [6.45, 7) is 4.70.